The second-order valence-electron chi connectivity index (χ2n) is 2.99. The van der Waals surface area contributed by atoms with Crippen LogP contribution in [0.1, 0.15) is 0 Å². The molecule has 0 aliphatic carbocycles. The Balaban J connectivity index is 0.000000160. The molecule has 1 aliphatic heterocycles. The maximum Gasteiger partial charge on any atom is 0.344 e. The van der Waals surface area contributed by atoms with E-state index in [1.54, 1.807) is 0 Å². The van der Waals surface area contributed by atoms with Crippen molar-refractivity contribution >= 4 is 11.8 Å². The molecule has 2 rings (SSSR count). The van der Waals surface area contributed by atoms with Crippen LogP contribution in [0.4, 0.5) is 0 Å². The molecule has 8 heteroatoms. The first-order valence-corrected chi connectivity index (χ1v) is 4.27. The highest BCUT2D eigenvalue weighted by molar-refractivity contribution is 6.12. The zero-order valence-electron chi connectivity index (χ0n) is 8.68. The summed E-state index contributed by atoms with van der Waals surface area (Å²) in [6.45, 7) is 0. The van der Waals surface area contributed by atoms with Gasteiger partial charge in [-0.25, -0.2) is 24.4 Å². The number of H-pyrrole nitrogens is 2. The molecule has 2 amide bonds. The van der Waals surface area contributed by atoms with Crippen LogP contribution in [0, 0.1) is 0 Å². The SMILES string of the molecule is CN1C(=O)C=CC1=O.Cn1c(=O)[nH][nH]c1=O. The normalized spacial score (nSPS) is 14.0. The molecule has 2 N–H and O–H groups in total. The van der Waals surface area contributed by atoms with Gasteiger partial charge in [-0.3, -0.25) is 14.5 Å². The first-order chi connectivity index (χ1) is 7.43. The Bertz CT molecular complexity index is 501. The van der Waals surface area contributed by atoms with Crippen molar-refractivity contribution in [2.45, 2.75) is 0 Å². The summed E-state index contributed by atoms with van der Waals surface area (Å²) in [6.07, 6.45) is 2.50. The van der Waals surface area contributed by atoms with Crippen molar-refractivity contribution in [3.05, 3.63) is 33.1 Å². The van der Waals surface area contributed by atoms with Crippen molar-refractivity contribution in [3.8, 4) is 0 Å². The third kappa shape index (κ3) is 2.35. The minimum atomic E-state index is -0.421. The second kappa shape index (κ2) is 4.43. The number of carbonyl (C=O) groups is 2. The third-order valence-electron chi connectivity index (χ3n) is 1.92. The van der Waals surface area contributed by atoms with Crippen LogP contribution in [0.5, 0.6) is 0 Å². The van der Waals surface area contributed by atoms with Crippen LogP contribution in [0.2, 0.25) is 0 Å². The van der Waals surface area contributed by atoms with Crippen molar-refractivity contribution in [2.24, 2.45) is 7.05 Å². The van der Waals surface area contributed by atoms with Crippen molar-refractivity contribution in [2.75, 3.05) is 7.05 Å². The van der Waals surface area contributed by atoms with E-state index in [0.717, 1.165) is 9.47 Å². The average molecular weight is 226 g/mol. The van der Waals surface area contributed by atoms with Crippen molar-refractivity contribution in [3.63, 3.8) is 0 Å². The van der Waals surface area contributed by atoms with Crippen LogP contribution < -0.4 is 11.4 Å². The van der Waals surface area contributed by atoms with Gasteiger partial charge in [0.15, 0.2) is 0 Å². The van der Waals surface area contributed by atoms with E-state index < -0.39 is 11.4 Å². The molecule has 86 valence electrons. The Labute approximate surface area is 89.2 Å². The summed E-state index contributed by atoms with van der Waals surface area (Å²) in [6, 6.07) is 0. The molecule has 0 radical (unpaired) electrons. The van der Waals surface area contributed by atoms with E-state index in [-0.39, 0.29) is 11.8 Å². The van der Waals surface area contributed by atoms with Gasteiger partial charge in [0.25, 0.3) is 11.8 Å². The quantitative estimate of drug-likeness (QED) is 0.496. The Morgan fingerprint density at radius 2 is 1.25 bits per heavy atom. The Hall–Kier alpha value is -2.38. The van der Waals surface area contributed by atoms with Gasteiger partial charge in [-0.05, 0) is 0 Å². The molecule has 1 aromatic rings. The largest absolute Gasteiger partial charge is 0.344 e. The van der Waals surface area contributed by atoms with Crippen molar-refractivity contribution < 1.29 is 9.59 Å². The van der Waals surface area contributed by atoms with Gasteiger partial charge in [0.2, 0.25) is 0 Å². The molecular formula is C8H10N4O4. The first kappa shape index (κ1) is 11.7. The summed E-state index contributed by atoms with van der Waals surface area (Å²) in [5.74, 6) is -0.481. The Morgan fingerprint density at radius 3 is 1.38 bits per heavy atom. The number of rotatable bonds is 0. The summed E-state index contributed by atoms with van der Waals surface area (Å²) in [7, 11) is 2.84. The minimum Gasteiger partial charge on any atom is -0.279 e. The molecule has 1 aliphatic rings. The van der Waals surface area contributed by atoms with Gasteiger partial charge in [-0.1, -0.05) is 0 Å². The van der Waals surface area contributed by atoms with Crippen LogP contribution in [0.3, 0.4) is 0 Å². The van der Waals surface area contributed by atoms with E-state index in [0.29, 0.717) is 0 Å². The lowest BCUT2D eigenvalue weighted by molar-refractivity contribution is -0.135. The predicted octanol–water partition coefficient (Wildman–Crippen LogP) is -2.06. The highest BCUT2D eigenvalue weighted by Crippen LogP contribution is 1.97. The molecule has 1 aromatic heterocycles. The van der Waals surface area contributed by atoms with Gasteiger partial charge in [-0.15, -0.1) is 0 Å². The number of aromatic nitrogens is 3. The summed E-state index contributed by atoms with van der Waals surface area (Å²) in [5, 5.41) is 4.21. The lowest BCUT2D eigenvalue weighted by atomic mass is 10.6. The zero-order chi connectivity index (χ0) is 12.3. The fourth-order valence-corrected chi connectivity index (χ4v) is 0.842. The molecule has 0 saturated heterocycles. The molecular weight excluding hydrogens is 216 g/mol. The van der Waals surface area contributed by atoms with Crippen LogP contribution in [-0.2, 0) is 16.6 Å². The summed E-state index contributed by atoms with van der Waals surface area (Å²) >= 11 is 0. The molecule has 0 spiro atoms. The van der Waals surface area contributed by atoms with Gasteiger partial charge in [-0.2, -0.15) is 0 Å². The maximum atomic E-state index is 10.4. The maximum absolute atomic E-state index is 10.4. The number of carbonyl (C=O) groups excluding carboxylic acids is 2. The first-order valence-electron chi connectivity index (χ1n) is 4.27. The summed E-state index contributed by atoms with van der Waals surface area (Å²) in [5.41, 5.74) is -0.843. The van der Waals surface area contributed by atoms with E-state index in [1.807, 2.05) is 0 Å². The van der Waals surface area contributed by atoms with E-state index >= 15 is 0 Å². The van der Waals surface area contributed by atoms with Gasteiger partial charge >= 0.3 is 11.4 Å². The zero-order valence-corrected chi connectivity index (χ0v) is 8.68. The fourth-order valence-electron chi connectivity index (χ4n) is 0.842. The van der Waals surface area contributed by atoms with Crippen LogP contribution in [0.25, 0.3) is 0 Å². The highest BCUT2D eigenvalue weighted by atomic mass is 16.2. The number of hydrogen-bond donors (Lipinski definition) is 2. The molecule has 16 heavy (non-hydrogen) atoms. The predicted molar refractivity (Wildman–Crippen MR) is 53.6 cm³/mol. The fraction of sp³-hybridized carbons (Fsp3) is 0.250. The van der Waals surface area contributed by atoms with E-state index in [2.05, 4.69) is 10.2 Å². The average Bonchev–Trinajstić information content (AvgIpc) is 2.70. The standard InChI is InChI=1S/C5H5NO2.C3H5N3O2/c1-6-4(7)2-3-5(6)8;1-6-2(7)4-5-3(6)8/h2-3H,1H3;1H3,(H,4,7)(H,5,8). The topological polar surface area (TPSA) is 108 Å². The molecule has 8 nitrogen and oxygen atoms in total. The Kier molecular flexibility index (Phi) is 3.24. The van der Waals surface area contributed by atoms with E-state index in [9.17, 15) is 19.2 Å². The number of amides is 2. The van der Waals surface area contributed by atoms with Gasteiger partial charge in [0.1, 0.15) is 0 Å². The van der Waals surface area contributed by atoms with Gasteiger partial charge < -0.3 is 0 Å². The summed E-state index contributed by atoms with van der Waals surface area (Å²) in [4.78, 5) is 42.5. The van der Waals surface area contributed by atoms with E-state index in [1.165, 1.54) is 26.2 Å². The van der Waals surface area contributed by atoms with Crippen LogP contribution >= 0.6 is 0 Å². The smallest absolute Gasteiger partial charge is 0.279 e. The number of hydrogen-bond acceptors (Lipinski definition) is 4. The van der Waals surface area contributed by atoms with E-state index in [4.69, 9.17) is 0 Å². The highest BCUT2D eigenvalue weighted by Gasteiger charge is 2.17. The molecule has 0 unspecified atom stereocenters. The number of likely N-dealkylation sites (N-methyl/N-ethyl adjacent to an activating group) is 1. The van der Waals surface area contributed by atoms with Crippen LogP contribution in [-0.4, -0.2) is 38.5 Å². The molecule has 0 fully saturated rings. The molecule has 0 saturated carbocycles. The lowest BCUT2D eigenvalue weighted by Gasteiger charge is -2.01. The van der Waals surface area contributed by atoms with Crippen molar-refractivity contribution in [1.82, 2.24) is 19.7 Å². The number of imide groups is 1. The second-order valence-corrected chi connectivity index (χ2v) is 2.99. The molecule has 0 aromatic carbocycles. The molecule has 0 atom stereocenters. The number of nitrogens with one attached hydrogen (secondary N) is 2. The third-order valence-corrected chi connectivity index (χ3v) is 1.92. The monoisotopic (exact) mass is 226 g/mol. The lowest BCUT2D eigenvalue weighted by Crippen LogP contribution is -2.24. The van der Waals surface area contributed by atoms with Crippen molar-refractivity contribution in [1.29, 1.82) is 0 Å². The number of aromatic amines is 2. The van der Waals surface area contributed by atoms with Crippen LogP contribution in [0.15, 0.2) is 21.7 Å². The molecule has 0 bridgehead atoms. The summed E-state index contributed by atoms with van der Waals surface area (Å²) < 4.78 is 0.944. The minimum absolute atomic E-state index is 0.241. The van der Waals surface area contributed by atoms with Gasteiger partial charge in [0, 0.05) is 26.2 Å². The number of nitrogens with zero attached hydrogens (tertiary/aromatic N) is 2. The Morgan fingerprint density at radius 1 is 0.875 bits per heavy atom. The van der Waals surface area contributed by atoms with Gasteiger partial charge in [0.05, 0.1) is 0 Å². The molecule has 2 heterocycles.